The highest BCUT2D eigenvalue weighted by Gasteiger charge is 2.32. The number of likely N-dealkylation sites (N-methyl/N-ethyl adjacent to an activating group) is 1. The molecule has 0 atom stereocenters. The Kier molecular flexibility index (Phi) is 3.27. The van der Waals surface area contributed by atoms with Crippen molar-refractivity contribution in [2.75, 3.05) is 25.0 Å². The summed E-state index contributed by atoms with van der Waals surface area (Å²) in [6.07, 6.45) is 2.48. The van der Waals surface area contributed by atoms with Gasteiger partial charge in [-0.2, -0.15) is 4.52 Å². The van der Waals surface area contributed by atoms with Gasteiger partial charge in [-0.1, -0.05) is 5.16 Å². The number of hydrogen-bond acceptors (Lipinski definition) is 7. The third-order valence-electron chi connectivity index (χ3n) is 5.18. The summed E-state index contributed by atoms with van der Waals surface area (Å²) < 4.78 is 7.24. The van der Waals surface area contributed by atoms with E-state index in [0.717, 1.165) is 48.4 Å². The Bertz CT molecular complexity index is 907. The summed E-state index contributed by atoms with van der Waals surface area (Å²) in [5.74, 6) is 3.45. The van der Waals surface area contributed by atoms with Gasteiger partial charge in [0.1, 0.15) is 11.6 Å². The molecule has 1 saturated carbocycles. The van der Waals surface area contributed by atoms with Crippen LogP contribution in [0.3, 0.4) is 0 Å². The van der Waals surface area contributed by atoms with E-state index >= 15 is 0 Å². The predicted octanol–water partition coefficient (Wildman–Crippen LogP) is 1.62. The number of rotatable bonds is 5. The van der Waals surface area contributed by atoms with Crippen molar-refractivity contribution < 1.29 is 4.52 Å². The highest BCUT2D eigenvalue weighted by Crippen LogP contribution is 2.40. The summed E-state index contributed by atoms with van der Waals surface area (Å²) >= 11 is 0. The SMILES string of the molecule is Cc1nnc2ccc(N3CC(N(C)Cc4cc(C5CC5)on4)C3)nn12. The first kappa shape index (κ1) is 14.8. The van der Waals surface area contributed by atoms with Crippen LogP contribution >= 0.6 is 0 Å². The van der Waals surface area contributed by atoms with Crippen LogP contribution in [0.25, 0.3) is 5.65 Å². The third kappa shape index (κ3) is 2.66. The van der Waals surface area contributed by atoms with E-state index in [9.17, 15) is 0 Å². The summed E-state index contributed by atoms with van der Waals surface area (Å²) in [5.41, 5.74) is 1.82. The molecular weight excluding hydrogens is 318 g/mol. The van der Waals surface area contributed by atoms with Gasteiger partial charge in [0.25, 0.3) is 0 Å². The molecule has 3 aromatic rings. The summed E-state index contributed by atoms with van der Waals surface area (Å²) in [7, 11) is 2.15. The van der Waals surface area contributed by atoms with E-state index in [1.54, 1.807) is 4.52 Å². The van der Waals surface area contributed by atoms with Crippen molar-refractivity contribution in [1.82, 2.24) is 29.9 Å². The van der Waals surface area contributed by atoms with Crippen LogP contribution in [0.5, 0.6) is 0 Å². The minimum Gasteiger partial charge on any atom is -0.361 e. The van der Waals surface area contributed by atoms with Crippen molar-refractivity contribution in [2.24, 2.45) is 0 Å². The molecule has 1 saturated heterocycles. The minimum absolute atomic E-state index is 0.501. The molecule has 5 rings (SSSR count). The van der Waals surface area contributed by atoms with E-state index in [2.05, 4.69) is 43.4 Å². The fourth-order valence-electron chi connectivity index (χ4n) is 3.32. The van der Waals surface area contributed by atoms with Crippen LogP contribution in [0.15, 0.2) is 22.7 Å². The normalized spacial score (nSPS) is 18.3. The lowest BCUT2D eigenvalue weighted by Gasteiger charge is -2.44. The van der Waals surface area contributed by atoms with Gasteiger partial charge in [0.15, 0.2) is 11.5 Å². The summed E-state index contributed by atoms with van der Waals surface area (Å²) in [4.78, 5) is 4.62. The molecule has 1 aliphatic heterocycles. The molecule has 0 amide bonds. The molecule has 0 aromatic carbocycles. The Morgan fingerprint density at radius 2 is 2.08 bits per heavy atom. The Hall–Kier alpha value is -2.48. The summed E-state index contributed by atoms with van der Waals surface area (Å²) in [6.45, 7) is 4.66. The smallest absolute Gasteiger partial charge is 0.178 e. The van der Waals surface area contributed by atoms with E-state index in [0.29, 0.717) is 12.0 Å². The molecule has 1 aliphatic carbocycles. The largest absolute Gasteiger partial charge is 0.361 e. The van der Waals surface area contributed by atoms with Crippen molar-refractivity contribution in [2.45, 2.75) is 38.3 Å². The van der Waals surface area contributed by atoms with Crippen LogP contribution in [0.1, 0.15) is 36.0 Å². The van der Waals surface area contributed by atoms with Crippen molar-refractivity contribution in [3.63, 3.8) is 0 Å². The molecule has 8 heteroatoms. The zero-order valence-corrected chi connectivity index (χ0v) is 14.5. The van der Waals surface area contributed by atoms with Gasteiger partial charge < -0.3 is 9.42 Å². The van der Waals surface area contributed by atoms with Gasteiger partial charge in [-0.3, -0.25) is 4.90 Å². The quantitative estimate of drug-likeness (QED) is 0.699. The zero-order valence-electron chi connectivity index (χ0n) is 14.5. The standard InChI is InChI=1S/C17H21N7O/c1-11-18-19-16-5-6-17(20-24(11)16)23-9-14(10-23)22(2)8-13-7-15(25-21-13)12-3-4-12/h5-7,12,14H,3-4,8-10H2,1-2H3. The maximum Gasteiger partial charge on any atom is 0.178 e. The molecule has 3 aromatic heterocycles. The molecule has 8 nitrogen and oxygen atoms in total. The number of nitrogens with zero attached hydrogens (tertiary/aromatic N) is 7. The zero-order chi connectivity index (χ0) is 17.0. The molecule has 130 valence electrons. The number of aromatic nitrogens is 5. The first-order valence-electron chi connectivity index (χ1n) is 8.77. The summed E-state index contributed by atoms with van der Waals surface area (Å²) in [5, 5.41) is 17.0. The molecule has 0 unspecified atom stereocenters. The lowest BCUT2D eigenvalue weighted by atomic mass is 10.1. The molecule has 25 heavy (non-hydrogen) atoms. The number of hydrogen-bond donors (Lipinski definition) is 0. The molecule has 2 aliphatic rings. The van der Waals surface area contributed by atoms with Gasteiger partial charge in [-0.15, -0.1) is 15.3 Å². The second-order valence-electron chi connectivity index (χ2n) is 7.18. The van der Waals surface area contributed by atoms with Gasteiger partial charge in [0.2, 0.25) is 0 Å². The molecule has 0 bridgehead atoms. The first-order chi connectivity index (χ1) is 12.2. The van der Waals surface area contributed by atoms with E-state index in [1.807, 2.05) is 19.1 Å². The average molecular weight is 339 g/mol. The predicted molar refractivity (Wildman–Crippen MR) is 91.5 cm³/mol. The van der Waals surface area contributed by atoms with Crippen LogP contribution in [-0.2, 0) is 6.54 Å². The van der Waals surface area contributed by atoms with Crippen molar-refractivity contribution in [3.8, 4) is 0 Å². The van der Waals surface area contributed by atoms with E-state index < -0.39 is 0 Å². The highest BCUT2D eigenvalue weighted by atomic mass is 16.5. The van der Waals surface area contributed by atoms with Crippen molar-refractivity contribution in [3.05, 3.63) is 35.5 Å². The van der Waals surface area contributed by atoms with Gasteiger partial charge in [-0.05, 0) is 38.9 Å². The van der Waals surface area contributed by atoms with Gasteiger partial charge in [0, 0.05) is 37.7 Å². The summed E-state index contributed by atoms with van der Waals surface area (Å²) in [6, 6.07) is 6.60. The lowest BCUT2D eigenvalue weighted by molar-refractivity contribution is 0.191. The topological polar surface area (TPSA) is 75.6 Å². The average Bonchev–Trinajstić information content (AvgIpc) is 3.21. The van der Waals surface area contributed by atoms with Gasteiger partial charge in [-0.25, -0.2) is 0 Å². The number of aryl methyl sites for hydroxylation is 1. The fourth-order valence-corrected chi connectivity index (χ4v) is 3.32. The Balaban J connectivity index is 1.21. The fraction of sp³-hybridized carbons (Fsp3) is 0.529. The molecule has 0 N–H and O–H groups in total. The monoisotopic (exact) mass is 339 g/mol. The maximum atomic E-state index is 5.44. The van der Waals surface area contributed by atoms with Crippen LogP contribution in [-0.4, -0.2) is 56.0 Å². The van der Waals surface area contributed by atoms with Gasteiger partial charge >= 0.3 is 0 Å². The second-order valence-corrected chi connectivity index (χ2v) is 7.18. The minimum atomic E-state index is 0.501. The number of fused-ring (bicyclic) bond motifs is 1. The van der Waals surface area contributed by atoms with Crippen LogP contribution in [0.2, 0.25) is 0 Å². The van der Waals surface area contributed by atoms with Gasteiger partial charge in [0.05, 0.1) is 5.69 Å². The Morgan fingerprint density at radius 3 is 2.88 bits per heavy atom. The van der Waals surface area contributed by atoms with Crippen LogP contribution < -0.4 is 4.90 Å². The molecular formula is C17H21N7O. The second kappa shape index (κ2) is 5.52. The first-order valence-corrected chi connectivity index (χ1v) is 8.77. The molecule has 0 spiro atoms. The maximum absolute atomic E-state index is 5.44. The molecule has 2 fully saturated rings. The third-order valence-corrected chi connectivity index (χ3v) is 5.18. The van der Waals surface area contributed by atoms with Crippen molar-refractivity contribution >= 4 is 11.5 Å². The van der Waals surface area contributed by atoms with Crippen molar-refractivity contribution in [1.29, 1.82) is 0 Å². The highest BCUT2D eigenvalue weighted by molar-refractivity contribution is 5.47. The molecule has 4 heterocycles. The van der Waals surface area contributed by atoms with E-state index in [1.165, 1.54) is 12.8 Å². The Morgan fingerprint density at radius 1 is 1.24 bits per heavy atom. The molecule has 0 radical (unpaired) electrons. The lowest BCUT2D eigenvalue weighted by Crippen LogP contribution is -2.58. The Labute approximate surface area is 145 Å². The van der Waals surface area contributed by atoms with E-state index in [-0.39, 0.29) is 0 Å². The van der Waals surface area contributed by atoms with Crippen LogP contribution in [0.4, 0.5) is 5.82 Å². The van der Waals surface area contributed by atoms with E-state index in [4.69, 9.17) is 4.52 Å². The number of anilines is 1. The van der Waals surface area contributed by atoms with Crippen LogP contribution in [0, 0.1) is 6.92 Å².